The van der Waals surface area contributed by atoms with Crippen molar-refractivity contribution in [1.29, 1.82) is 0 Å². The minimum Gasteiger partial charge on any atom is -0.756 e. The maximum atomic E-state index is 12.1. The smallest absolute Gasteiger partial charge is 0.409 e. The summed E-state index contributed by atoms with van der Waals surface area (Å²) in [7, 11) is 4.62. The number of carbonyl (C=O) groups is 1. The summed E-state index contributed by atoms with van der Waals surface area (Å²) in [4.78, 5) is 25.5. The van der Waals surface area contributed by atoms with Gasteiger partial charge < -0.3 is 28.1 Å². The van der Waals surface area contributed by atoms with Crippen LogP contribution < -0.4 is 4.89 Å². The summed E-state index contributed by atoms with van der Waals surface area (Å²) in [5, 5.41) is 0. The number of hydrogen-bond acceptors (Lipinski definition) is 6. The maximum Gasteiger partial charge on any atom is 0.409 e. The predicted molar refractivity (Wildman–Crippen MR) is 160 cm³/mol. The quantitative estimate of drug-likeness (QED) is 0.0564. The molecule has 0 N–H and O–H groups in total. The van der Waals surface area contributed by atoms with Crippen LogP contribution >= 0.6 is 7.82 Å². The highest BCUT2D eigenvalue weighted by atomic mass is 31.2. The zero-order valence-electron chi connectivity index (χ0n) is 26.4. The van der Waals surface area contributed by atoms with E-state index < -0.39 is 20.0 Å². The fourth-order valence-electron chi connectivity index (χ4n) is 4.34. The summed E-state index contributed by atoms with van der Waals surface area (Å²) >= 11 is 0. The Hall–Kier alpha value is -0.660. The number of carbonyl (C=O) groups excluding carboxylic acids is 1. The number of quaternary nitrogens is 1. The molecule has 0 aliphatic carbocycles. The van der Waals surface area contributed by atoms with Gasteiger partial charge in [-0.25, -0.2) is 4.79 Å². The molecule has 39 heavy (non-hydrogen) atoms. The van der Waals surface area contributed by atoms with Crippen LogP contribution in [0.5, 0.6) is 0 Å². The van der Waals surface area contributed by atoms with Gasteiger partial charge in [0.25, 0.3) is 7.82 Å². The molecule has 0 fully saturated rings. The van der Waals surface area contributed by atoms with E-state index in [1.165, 1.54) is 101 Å². The molecule has 0 saturated heterocycles. The fraction of sp³-hybridized carbons (Fsp3) is 0.967. The van der Waals surface area contributed by atoms with Crippen molar-refractivity contribution in [2.45, 2.75) is 135 Å². The molecule has 0 spiro atoms. The van der Waals surface area contributed by atoms with Crippen molar-refractivity contribution < 1.29 is 32.5 Å². The average Bonchev–Trinajstić information content (AvgIpc) is 2.85. The van der Waals surface area contributed by atoms with Gasteiger partial charge in [0, 0.05) is 14.1 Å². The van der Waals surface area contributed by atoms with E-state index in [2.05, 4.69) is 6.92 Å². The van der Waals surface area contributed by atoms with Gasteiger partial charge in [0.1, 0.15) is 19.3 Å². The molecule has 0 aliphatic heterocycles. The molecule has 9 heteroatoms. The van der Waals surface area contributed by atoms with Gasteiger partial charge >= 0.3 is 6.09 Å². The first-order valence-electron chi connectivity index (χ1n) is 15.8. The Morgan fingerprint density at radius 3 is 1.54 bits per heavy atom. The van der Waals surface area contributed by atoms with Gasteiger partial charge in [-0.1, -0.05) is 116 Å². The van der Waals surface area contributed by atoms with Crippen molar-refractivity contribution in [2.75, 3.05) is 55.0 Å². The highest BCUT2D eigenvalue weighted by Gasteiger charge is 2.20. The molecular weight excluding hydrogens is 515 g/mol. The third kappa shape index (κ3) is 27.3. The molecule has 0 aromatic heterocycles. The van der Waals surface area contributed by atoms with Crippen LogP contribution in [-0.4, -0.2) is 76.6 Å². The first-order chi connectivity index (χ1) is 18.5. The van der Waals surface area contributed by atoms with Crippen molar-refractivity contribution in [1.82, 2.24) is 4.90 Å². The molecule has 0 heterocycles. The second-order valence-corrected chi connectivity index (χ2v) is 13.7. The van der Waals surface area contributed by atoms with Crippen LogP contribution in [0, 0.1) is 0 Å². The van der Waals surface area contributed by atoms with Crippen molar-refractivity contribution in [3.8, 4) is 0 Å². The lowest BCUT2D eigenvalue weighted by Crippen LogP contribution is -2.37. The number of nitrogens with zero attached hydrogens (tertiary/aromatic N) is 2. The number of unbranched alkanes of at least 4 members (excludes halogenated alkanes) is 17. The van der Waals surface area contributed by atoms with E-state index in [9.17, 15) is 14.3 Å². The second-order valence-electron chi connectivity index (χ2n) is 12.3. The summed E-state index contributed by atoms with van der Waals surface area (Å²) < 4.78 is 28.1. The summed E-state index contributed by atoms with van der Waals surface area (Å²) in [5.74, 6) is 0. The van der Waals surface area contributed by atoms with Crippen LogP contribution in [0.1, 0.15) is 129 Å². The fourth-order valence-corrected chi connectivity index (χ4v) is 5.06. The topological polar surface area (TPSA) is 88.1 Å². The van der Waals surface area contributed by atoms with E-state index in [1.807, 2.05) is 21.1 Å². The number of rotatable bonds is 27. The van der Waals surface area contributed by atoms with Gasteiger partial charge in [-0.3, -0.25) is 4.57 Å². The highest BCUT2D eigenvalue weighted by Crippen LogP contribution is 2.38. The SMILES string of the molecule is CCCCCCCCCCCCCCCCCCCCC(COP(=O)([O-])OCC[N+](C)(C)C)OC(=O)N(C)C. The molecule has 0 saturated carbocycles. The molecule has 2 unspecified atom stereocenters. The minimum absolute atomic E-state index is 0.0473. The first kappa shape index (κ1) is 38.3. The molecule has 0 aliphatic rings. The number of amides is 1. The largest absolute Gasteiger partial charge is 0.756 e. The van der Waals surface area contributed by atoms with Crippen LogP contribution in [0.4, 0.5) is 4.79 Å². The minimum atomic E-state index is -4.44. The third-order valence-electron chi connectivity index (χ3n) is 6.94. The lowest BCUT2D eigenvalue weighted by molar-refractivity contribution is -0.870. The van der Waals surface area contributed by atoms with E-state index in [4.69, 9.17) is 13.8 Å². The average molecular weight is 579 g/mol. The molecule has 0 rings (SSSR count). The van der Waals surface area contributed by atoms with E-state index >= 15 is 0 Å². The number of likely N-dealkylation sites (N-methyl/N-ethyl adjacent to an activating group) is 1. The Bertz CT molecular complexity index is 627. The predicted octanol–water partition coefficient (Wildman–Crippen LogP) is 7.69. The van der Waals surface area contributed by atoms with Crippen LogP contribution in [0.3, 0.4) is 0 Å². The van der Waals surface area contributed by atoms with E-state index in [0.717, 1.165) is 19.3 Å². The van der Waals surface area contributed by atoms with E-state index in [-0.39, 0.29) is 13.2 Å². The van der Waals surface area contributed by atoms with Gasteiger partial charge in [0.15, 0.2) is 0 Å². The number of phosphoric ester groups is 1. The molecule has 0 radical (unpaired) electrons. The Kier molecular flexibility index (Phi) is 23.6. The summed E-state index contributed by atoms with van der Waals surface area (Å²) in [6, 6.07) is 0. The monoisotopic (exact) mass is 578 g/mol. The first-order valence-corrected chi connectivity index (χ1v) is 17.2. The third-order valence-corrected chi connectivity index (χ3v) is 7.91. The molecule has 234 valence electrons. The van der Waals surface area contributed by atoms with Crippen LogP contribution in [-0.2, 0) is 18.3 Å². The van der Waals surface area contributed by atoms with Gasteiger partial charge in [-0.15, -0.1) is 0 Å². The Labute approximate surface area is 241 Å². The Morgan fingerprint density at radius 1 is 0.744 bits per heavy atom. The van der Waals surface area contributed by atoms with Crippen molar-refractivity contribution in [3.05, 3.63) is 0 Å². The van der Waals surface area contributed by atoms with Crippen molar-refractivity contribution >= 4 is 13.9 Å². The highest BCUT2D eigenvalue weighted by molar-refractivity contribution is 7.45. The molecule has 2 atom stereocenters. The maximum absolute atomic E-state index is 12.1. The summed E-state index contributed by atoms with van der Waals surface area (Å²) in [6.07, 6.45) is 22.9. The molecule has 0 aromatic carbocycles. The summed E-state index contributed by atoms with van der Waals surface area (Å²) in [5.41, 5.74) is 0. The number of hydrogen-bond donors (Lipinski definition) is 0. The number of phosphoric acid groups is 1. The summed E-state index contributed by atoms with van der Waals surface area (Å²) in [6.45, 7) is 2.64. The van der Waals surface area contributed by atoms with Crippen molar-refractivity contribution in [3.63, 3.8) is 0 Å². The van der Waals surface area contributed by atoms with Crippen LogP contribution in [0.15, 0.2) is 0 Å². The molecule has 0 aromatic rings. The van der Waals surface area contributed by atoms with Gasteiger partial charge in [-0.2, -0.15) is 0 Å². The van der Waals surface area contributed by atoms with E-state index in [1.54, 1.807) is 14.1 Å². The Balaban J connectivity index is 3.91. The van der Waals surface area contributed by atoms with Crippen LogP contribution in [0.25, 0.3) is 0 Å². The second kappa shape index (κ2) is 24.0. The number of ether oxygens (including phenoxy) is 1. The van der Waals surface area contributed by atoms with Crippen molar-refractivity contribution in [2.24, 2.45) is 0 Å². The zero-order chi connectivity index (χ0) is 29.4. The zero-order valence-corrected chi connectivity index (χ0v) is 27.3. The molecule has 8 nitrogen and oxygen atoms in total. The van der Waals surface area contributed by atoms with Gasteiger partial charge in [0.05, 0.1) is 27.7 Å². The molecule has 0 bridgehead atoms. The molecular formula is C30H63N2O6P. The van der Waals surface area contributed by atoms with Crippen LogP contribution in [0.2, 0.25) is 0 Å². The normalized spacial score (nSPS) is 14.2. The lowest BCUT2D eigenvalue weighted by Gasteiger charge is -2.28. The molecule has 1 amide bonds. The van der Waals surface area contributed by atoms with Gasteiger partial charge in [-0.05, 0) is 12.8 Å². The Morgan fingerprint density at radius 2 is 1.15 bits per heavy atom. The van der Waals surface area contributed by atoms with Gasteiger partial charge in [0.2, 0.25) is 0 Å². The standard InChI is InChI=1S/C30H63N2O6P/c1-7-8-9-10-11-12-13-14-15-16-17-18-19-20-21-22-23-24-25-29(38-30(33)31(2)3)28-37-39(34,35)36-27-26-32(4,5)6/h29H,7-28H2,1-6H3. The lowest BCUT2D eigenvalue weighted by atomic mass is 10.0. The van der Waals surface area contributed by atoms with E-state index in [0.29, 0.717) is 17.4 Å².